The van der Waals surface area contributed by atoms with E-state index >= 15 is 0 Å². The number of carbonyl (C=O) groups excluding carboxylic acids is 2. The molecule has 3 heterocycles. The van der Waals surface area contributed by atoms with Crippen LogP contribution < -0.4 is 0 Å². The summed E-state index contributed by atoms with van der Waals surface area (Å²) in [6, 6.07) is 20.1. The Morgan fingerprint density at radius 3 is 1.94 bits per heavy atom. The molecule has 2 atom stereocenters. The molecule has 0 N–H and O–H groups in total. The van der Waals surface area contributed by atoms with E-state index in [1.165, 1.54) is 4.90 Å². The van der Waals surface area contributed by atoms with Gasteiger partial charge in [0.2, 0.25) is 5.91 Å². The number of alkyl halides is 6. The lowest BCUT2D eigenvalue weighted by Crippen LogP contribution is -2.55. The predicted octanol–water partition coefficient (Wildman–Crippen LogP) is 7.45. The highest BCUT2D eigenvalue weighted by atomic mass is 19.4. The summed E-state index contributed by atoms with van der Waals surface area (Å²) in [4.78, 5) is 32.5. The molecule has 3 aliphatic heterocycles. The number of likely N-dealkylation sites (tertiary alicyclic amines) is 3. The van der Waals surface area contributed by atoms with E-state index in [1.54, 1.807) is 0 Å². The van der Waals surface area contributed by atoms with Crippen molar-refractivity contribution < 1.29 is 35.9 Å². The maximum absolute atomic E-state index is 13.7. The van der Waals surface area contributed by atoms with Crippen LogP contribution in [0.25, 0.3) is 0 Å². The third-order valence-corrected chi connectivity index (χ3v) is 10.1. The van der Waals surface area contributed by atoms with E-state index in [1.807, 2.05) is 65.6 Å². The molecule has 1 spiro atoms. The maximum atomic E-state index is 13.7. The van der Waals surface area contributed by atoms with Gasteiger partial charge in [0, 0.05) is 43.7 Å². The summed E-state index contributed by atoms with van der Waals surface area (Å²) in [5, 5.41) is 0. The SMILES string of the molecule is O=C1CC2(CCN(C3CCN(C(=O)c4cc(C(F)(F)F)cc(C(F)(F)F)c4)C(Cc4ccccc4)C3)CC2)CN1Cc1ccccc1. The van der Waals surface area contributed by atoms with E-state index in [-0.39, 0.29) is 30.0 Å². The quantitative estimate of drug-likeness (QED) is 0.259. The Kier molecular flexibility index (Phi) is 9.13. The topological polar surface area (TPSA) is 43.9 Å². The van der Waals surface area contributed by atoms with Crippen LogP contribution in [-0.4, -0.2) is 64.8 Å². The van der Waals surface area contributed by atoms with E-state index in [0.717, 1.165) is 43.6 Å². The van der Waals surface area contributed by atoms with Gasteiger partial charge in [0.15, 0.2) is 0 Å². The molecule has 3 aliphatic rings. The van der Waals surface area contributed by atoms with Crippen LogP contribution >= 0.6 is 0 Å². The zero-order valence-corrected chi connectivity index (χ0v) is 25.9. The molecule has 2 unspecified atom stereocenters. The molecule has 5 nitrogen and oxygen atoms in total. The highest BCUT2D eigenvalue weighted by molar-refractivity contribution is 5.95. The number of benzene rings is 3. The lowest BCUT2D eigenvalue weighted by molar-refractivity contribution is -0.143. The van der Waals surface area contributed by atoms with Crippen molar-refractivity contribution in [2.75, 3.05) is 26.2 Å². The van der Waals surface area contributed by atoms with E-state index in [0.29, 0.717) is 44.4 Å². The van der Waals surface area contributed by atoms with Gasteiger partial charge < -0.3 is 14.7 Å². The fourth-order valence-corrected chi connectivity index (χ4v) is 7.58. The van der Waals surface area contributed by atoms with Crippen LogP contribution in [0.15, 0.2) is 78.9 Å². The van der Waals surface area contributed by atoms with Crippen LogP contribution in [0.5, 0.6) is 0 Å². The summed E-state index contributed by atoms with van der Waals surface area (Å²) in [6.07, 6.45) is -6.33. The average molecular weight is 658 g/mol. The molecule has 250 valence electrons. The number of amides is 2. The molecule has 0 saturated carbocycles. The molecule has 0 aromatic heterocycles. The highest BCUT2D eigenvalue weighted by Crippen LogP contribution is 2.43. The van der Waals surface area contributed by atoms with E-state index in [4.69, 9.17) is 0 Å². The monoisotopic (exact) mass is 657 g/mol. The normalized spacial score (nSPS) is 22.2. The summed E-state index contributed by atoms with van der Waals surface area (Å²) >= 11 is 0. The minimum Gasteiger partial charge on any atom is -0.338 e. The second kappa shape index (κ2) is 13.0. The Balaban J connectivity index is 1.17. The van der Waals surface area contributed by atoms with Crippen LogP contribution in [0.2, 0.25) is 0 Å². The molecular formula is C36H37F6N3O2. The Morgan fingerprint density at radius 2 is 1.36 bits per heavy atom. The smallest absolute Gasteiger partial charge is 0.338 e. The standard InChI is InChI=1S/C36H37F6N3O2/c37-35(38,39)28-18-27(19-29(20-28)36(40,41)42)33(47)45-14-11-30(21-31(45)17-25-7-3-1-4-8-25)43-15-12-34(13-16-43)22-32(46)44(24-34)23-26-9-5-2-6-10-26/h1-10,18-20,30-31H,11-17,21-24H2. The first-order chi connectivity index (χ1) is 22.3. The fraction of sp³-hybridized carbons (Fsp3) is 0.444. The number of hydrogen-bond donors (Lipinski definition) is 0. The minimum absolute atomic E-state index is 0.0480. The fourth-order valence-electron chi connectivity index (χ4n) is 7.58. The number of piperidine rings is 2. The summed E-state index contributed by atoms with van der Waals surface area (Å²) in [5.41, 5.74) is -1.67. The lowest BCUT2D eigenvalue weighted by Gasteiger charge is -2.47. The Bertz CT molecular complexity index is 1540. The third-order valence-electron chi connectivity index (χ3n) is 10.1. The van der Waals surface area contributed by atoms with Crippen molar-refractivity contribution in [3.05, 3.63) is 107 Å². The van der Waals surface area contributed by atoms with Gasteiger partial charge in [0.1, 0.15) is 0 Å². The molecular weight excluding hydrogens is 620 g/mol. The highest BCUT2D eigenvalue weighted by Gasteiger charge is 2.46. The molecule has 3 aromatic rings. The van der Waals surface area contributed by atoms with E-state index < -0.39 is 41.0 Å². The summed E-state index contributed by atoms with van der Waals surface area (Å²) in [7, 11) is 0. The lowest BCUT2D eigenvalue weighted by atomic mass is 9.76. The van der Waals surface area contributed by atoms with Gasteiger partial charge in [-0.2, -0.15) is 26.3 Å². The molecule has 3 aromatic carbocycles. The van der Waals surface area contributed by atoms with E-state index in [2.05, 4.69) is 4.90 Å². The van der Waals surface area contributed by atoms with Gasteiger partial charge in [0.05, 0.1) is 11.1 Å². The summed E-state index contributed by atoms with van der Waals surface area (Å²) in [6.45, 7) is 3.09. The molecule has 47 heavy (non-hydrogen) atoms. The first-order valence-electron chi connectivity index (χ1n) is 16.0. The molecule has 3 fully saturated rings. The van der Waals surface area contributed by atoms with Gasteiger partial charge in [-0.05, 0) is 79.9 Å². The minimum atomic E-state index is -5.04. The van der Waals surface area contributed by atoms with Crippen LogP contribution in [0.3, 0.4) is 0 Å². The zero-order valence-electron chi connectivity index (χ0n) is 25.9. The number of rotatable bonds is 6. The van der Waals surface area contributed by atoms with Crippen molar-refractivity contribution in [3.63, 3.8) is 0 Å². The zero-order chi connectivity index (χ0) is 33.4. The number of hydrogen-bond acceptors (Lipinski definition) is 3. The largest absolute Gasteiger partial charge is 0.416 e. The number of carbonyl (C=O) groups is 2. The van der Waals surface area contributed by atoms with Gasteiger partial charge in [-0.1, -0.05) is 60.7 Å². The predicted molar refractivity (Wildman–Crippen MR) is 164 cm³/mol. The van der Waals surface area contributed by atoms with Gasteiger partial charge in [-0.15, -0.1) is 0 Å². The van der Waals surface area contributed by atoms with Crippen molar-refractivity contribution in [2.45, 2.75) is 69.5 Å². The van der Waals surface area contributed by atoms with Gasteiger partial charge in [0.25, 0.3) is 5.91 Å². The summed E-state index contributed by atoms with van der Waals surface area (Å²) < 4.78 is 81.6. The Morgan fingerprint density at radius 1 is 0.787 bits per heavy atom. The first-order valence-corrected chi connectivity index (χ1v) is 16.0. The second-order valence-electron chi connectivity index (χ2n) is 13.3. The molecule has 11 heteroatoms. The molecule has 3 saturated heterocycles. The van der Waals surface area contributed by atoms with Crippen molar-refractivity contribution in [3.8, 4) is 0 Å². The van der Waals surface area contributed by atoms with Crippen LogP contribution in [0.4, 0.5) is 26.3 Å². The summed E-state index contributed by atoms with van der Waals surface area (Å²) in [5.74, 6) is -0.665. The molecule has 0 aliphatic carbocycles. The van der Waals surface area contributed by atoms with E-state index in [9.17, 15) is 35.9 Å². The molecule has 0 radical (unpaired) electrons. The van der Waals surface area contributed by atoms with Gasteiger partial charge in [-0.25, -0.2) is 0 Å². The molecule has 6 rings (SSSR count). The number of halogens is 6. The van der Waals surface area contributed by atoms with Gasteiger partial charge >= 0.3 is 12.4 Å². The van der Waals surface area contributed by atoms with Crippen LogP contribution in [-0.2, 0) is 30.1 Å². The Labute approximate surface area is 270 Å². The second-order valence-corrected chi connectivity index (χ2v) is 13.3. The first kappa shape index (κ1) is 33.1. The van der Waals surface area contributed by atoms with Crippen molar-refractivity contribution in [1.29, 1.82) is 0 Å². The van der Waals surface area contributed by atoms with Crippen molar-refractivity contribution in [1.82, 2.24) is 14.7 Å². The van der Waals surface area contributed by atoms with Crippen molar-refractivity contribution in [2.24, 2.45) is 5.41 Å². The number of nitrogens with zero attached hydrogens (tertiary/aromatic N) is 3. The Hall–Kier alpha value is -3.86. The third kappa shape index (κ3) is 7.50. The van der Waals surface area contributed by atoms with Gasteiger partial charge in [-0.3, -0.25) is 9.59 Å². The average Bonchev–Trinajstić information content (AvgIpc) is 3.34. The molecule has 0 bridgehead atoms. The maximum Gasteiger partial charge on any atom is 0.416 e. The molecule has 2 amide bonds. The van der Waals surface area contributed by atoms with Crippen LogP contribution in [0.1, 0.15) is 64.7 Å². The van der Waals surface area contributed by atoms with Crippen molar-refractivity contribution >= 4 is 11.8 Å². The van der Waals surface area contributed by atoms with Crippen LogP contribution in [0, 0.1) is 5.41 Å².